The Morgan fingerprint density at radius 3 is 2.64 bits per heavy atom. The van der Waals surface area contributed by atoms with Gasteiger partial charge in [0.15, 0.2) is 0 Å². The third-order valence-electron chi connectivity index (χ3n) is 3.68. The normalized spacial score (nSPS) is 12.4. The molecule has 1 aromatic heterocycles. The fourth-order valence-corrected chi connectivity index (χ4v) is 3.22. The van der Waals surface area contributed by atoms with Crippen molar-refractivity contribution in [2.45, 2.75) is 18.9 Å². The molecule has 0 aliphatic carbocycles. The molecule has 2 aromatic rings. The SMILES string of the molecule is CNS(=O)(=O)Cc1ccc2c(c1)c(CCN(C)C)cn2CO. The predicted molar refractivity (Wildman–Crippen MR) is 88.1 cm³/mol. The number of nitrogens with one attached hydrogen (secondary N) is 1. The van der Waals surface area contributed by atoms with E-state index >= 15 is 0 Å². The van der Waals surface area contributed by atoms with Crippen molar-refractivity contribution in [3.63, 3.8) is 0 Å². The number of sulfonamides is 1. The Hall–Kier alpha value is -1.41. The quantitative estimate of drug-likeness (QED) is 0.787. The zero-order valence-corrected chi connectivity index (χ0v) is 14.0. The van der Waals surface area contributed by atoms with Gasteiger partial charge < -0.3 is 14.6 Å². The summed E-state index contributed by atoms with van der Waals surface area (Å²) in [6, 6.07) is 5.56. The summed E-state index contributed by atoms with van der Waals surface area (Å²) in [4.78, 5) is 2.09. The lowest BCUT2D eigenvalue weighted by Crippen LogP contribution is -2.20. The Labute approximate surface area is 131 Å². The van der Waals surface area contributed by atoms with Gasteiger partial charge in [0.2, 0.25) is 10.0 Å². The van der Waals surface area contributed by atoms with Crippen LogP contribution in [0.5, 0.6) is 0 Å². The molecule has 0 fully saturated rings. The van der Waals surface area contributed by atoms with Gasteiger partial charge >= 0.3 is 0 Å². The standard InChI is InChI=1S/C15H23N3O3S/c1-16-22(20,21)10-12-4-5-15-14(8-12)13(6-7-17(2)3)9-18(15)11-19/h4-5,8-9,16,19H,6-7,10-11H2,1-3H3. The van der Waals surface area contributed by atoms with E-state index in [9.17, 15) is 13.5 Å². The van der Waals surface area contributed by atoms with E-state index in [1.165, 1.54) is 7.05 Å². The predicted octanol–water partition coefficient (Wildman–Crippen LogP) is 0.744. The minimum absolute atomic E-state index is 0.0448. The summed E-state index contributed by atoms with van der Waals surface area (Å²) in [6.07, 6.45) is 2.78. The minimum atomic E-state index is -3.29. The van der Waals surface area contributed by atoms with E-state index < -0.39 is 10.0 Å². The molecule has 0 aliphatic rings. The van der Waals surface area contributed by atoms with Crippen LogP contribution in [0, 0.1) is 0 Å². The summed E-state index contributed by atoms with van der Waals surface area (Å²) in [5, 5.41) is 10.5. The van der Waals surface area contributed by atoms with Crippen LogP contribution >= 0.6 is 0 Å². The summed E-state index contributed by atoms with van der Waals surface area (Å²) < 4.78 is 27.5. The molecule has 0 bridgehead atoms. The Morgan fingerprint density at radius 1 is 1.32 bits per heavy atom. The molecule has 6 nitrogen and oxygen atoms in total. The van der Waals surface area contributed by atoms with Crippen LogP contribution in [0.1, 0.15) is 11.1 Å². The van der Waals surface area contributed by atoms with Gasteiger partial charge in [0.25, 0.3) is 0 Å². The third kappa shape index (κ3) is 3.86. The maximum absolute atomic E-state index is 11.7. The first-order valence-corrected chi connectivity index (χ1v) is 8.79. The smallest absolute Gasteiger partial charge is 0.215 e. The van der Waals surface area contributed by atoms with E-state index in [-0.39, 0.29) is 12.5 Å². The molecule has 0 radical (unpaired) electrons. The lowest BCUT2D eigenvalue weighted by atomic mass is 10.1. The average molecular weight is 325 g/mol. The first kappa shape index (κ1) is 17.0. The van der Waals surface area contributed by atoms with Gasteiger partial charge in [-0.2, -0.15) is 0 Å². The van der Waals surface area contributed by atoms with Gasteiger partial charge in [-0.25, -0.2) is 13.1 Å². The fourth-order valence-electron chi connectivity index (χ4n) is 2.46. The van der Waals surface area contributed by atoms with Crippen LogP contribution in [0.4, 0.5) is 0 Å². The molecule has 0 spiro atoms. The monoisotopic (exact) mass is 325 g/mol. The molecular weight excluding hydrogens is 302 g/mol. The van der Waals surface area contributed by atoms with Crippen molar-refractivity contribution < 1.29 is 13.5 Å². The van der Waals surface area contributed by atoms with Crippen molar-refractivity contribution in [2.75, 3.05) is 27.7 Å². The van der Waals surface area contributed by atoms with Crippen molar-refractivity contribution in [3.05, 3.63) is 35.5 Å². The molecule has 2 rings (SSSR count). The van der Waals surface area contributed by atoms with E-state index in [4.69, 9.17) is 0 Å². The maximum Gasteiger partial charge on any atom is 0.215 e. The second-order valence-electron chi connectivity index (χ2n) is 5.63. The second-order valence-corrected chi connectivity index (χ2v) is 7.56. The fraction of sp³-hybridized carbons (Fsp3) is 0.467. The number of aromatic nitrogens is 1. The topological polar surface area (TPSA) is 74.6 Å². The Kier molecular flexibility index (Phi) is 5.23. The van der Waals surface area contributed by atoms with Crippen molar-refractivity contribution in [3.8, 4) is 0 Å². The number of rotatable bonds is 7. The van der Waals surface area contributed by atoms with Crippen LogP contribution < -0.4 is 4.72 Å². The van der Waals surface area contributed by atoms with E-state index in [1.807, 2.05) is 32.4 Å². The molecule has 0 amide bonds. The molecule has 0 saturated carbocycles. The number of likely N-dealkylation sites (N-methyl/N-ethyl adjacent to an activating group) is 1. The van der Waals surface area contributed by atoms with E-state index in [0.29, 0.717) is 0 Å². The lowest BCUT2D eigenvalue weighted by molar-refractivity contribution is 0.215. The number of hydrogen-bond acceptors (Lipinski definition) is 4. The average Bonchev–Trinajstić information content (AvgIpc) is 2.82. The minimum Gasteiger partial charge on any atom is -0.376 e. The van der Waals surface area contributed by atoms with Crippen LogP contribution in [-0.2, 0) is 28.9 Å². The number of hydrogen-bond donors (Lipinski definition) is 2. The highest BCUT2D eigenvalue weighted by Gasteiger charge is 2.13. The van der Waals surface area contributed by atoms with Crippen molar-refractivity contribution in [1.29, 1.82) is 0 Å². The van der Waals surface area contributed by atoms with E-state index in [1.54, 1.807) is 10.6 Å². The molecule has 7 heteroatoms. The van der Waals surface area contributed by atoms with Crippen molar-refractivity contribution in [1.82, 2.24) is 14.2 Å². The van der Waals surface area contributed by atoms with Gasteiger partial charge in [-0.15, -0.1) is 0 Å². The largest absolute Gasteiger partial charge is 0.376 e. The number of fused-ring (bicyclic) bond motifs is 1. The summed E-state index contributed by atoms with van der Waals surface area (Å²) in [5.41, 5.74) is 2.77. The van der Waals surface area contributed by atoms with Gasteiger partial charge in [0.05, 0.1) is 11.3 Å². The molecule has 0 unspecified atom stereocenters. The van der Waals surface area contributed by atoms with Crippen LogP contribution in [0.2, 0.25) is 0 Å². The van der Waals surface area contributed by atoms with Gasteiger partial charge in [-0.05, 0) is 50.8 Å². The Bertz CT molecular complexity index is 751. The maximum atomic E-state index is 11.7. The summed E-state index contributed by atoms with van der Waals surface area (Å²) in [6.45, 7) is 0.802. The molecule has 2 N–H and O–H groups in total. The highest BCUT2D eigenvalue weighted by molar-refractivity contribution is 7.88. The van der Waals surface area contributed by atoms with Gasteiger partial charge in [-0.1, -0.05) is 6.07 Å². The van der Waals surface area contributed by atoms with Gasteiger partial charge in [0, 0.05) is 18.1 Å². The zero-order chi connectivity index (χ0) is 16.3. The van der Waals surface area contributed by atoms with Crippen LogP contribution in [0.25, 0.3) is 10.9 Å². The molecule has 22 heavy (non-hydrogen) atoms. The second kappa shape index (κ2) is 6.78. The number of aliphatic hydroxyl groups is 1. The van der Waals surface area contributed by atoms with Crippen molar-refractivity contribution >= 4 is 20.9 Å². The third-order valence-corrected chi connectivity index (χ3v) is 5.01. The van der Waals surface area contributed by atoms with Gasteiger partial charge in [-0.3, -0.25) is 0 Å². The van der Waals surface area contributed by atoms with E-state index in [0.717, 1.165) is 35.0 Å². The van der Waals surface area contributed by atoms with Crippen molar-refractivity contribution in [2.24, 2.45) is 0 Å². The zero-order valence-electron chi connectivity index (χ0n) is 13.2. The highest BCUT2D eigenvalue weighted by Crippen LogP contribution is 2.24. The van der Waals surface area contributed by atoms with Crippen LogP contribution in [-0.4, -0.2) is 50.7 Å². The van der Waals surface area contributed by atoms with E-state index in [2.05, 4.69) is 9.62 Å². The molecule has 0 atom stereocenters. The molecule has 1 heterocycles. The molecule has 122 valence electrons. The number of nitrogens with zero attached hydrogens (tertiary/aromatic N) is 2. The molecule has 0 aliphatic heterocycles. The molecular formula is C15H23N3O3S. The number of aliphatic hydroxyl groups excluding tert-OH is 1. The van der Waals surface area contributed by atoms with Gasteiger partial charge in [0.1, 0.15) is 6.73 Å². The summed E-state index contributed by atoms with van der Waals surface area (Å²) >= 11 is 0. The first-order valence-electron chi connectivity index (χ1n) is 7.13. The molecule has 1 aromatic carbocycles. The van der Waals surface area contributed by atoms with Crippen LogP contribution in [0.15, 0.2) is 24.4 Å². The molecule has 0 saturated heterocycles. The highest BCUT2D eigenvalue weighted by atomic mass is 32.2. The Balaban J connectivity index is 2.42. The number of benzene rings is 1. The summed E-state index contributed by atoms with van der Waals surface area (Å²) in [7, 11) is 2.14. The Morgan fingerprint density at radius 2 is 2.05 bits per heavy atom. The summed E-state index contributed by atoms with van der Waals surface area (Å²) in [5.74, 6) is -0.0448. The first-order chi connectivity index (χ1) is 10.4. The lowest BCUT2D eigenvalue weighted by Gasteiger charge is -2.08. The van der Waals surface area contributed by atoms with Crippen LogP contribution in [0.3, 0.4) is 0 Å².